The molecule has 0 radical (unpaired) electrons. The van der Waals surface area contributed by atoms with Gasteiger partial charge >= 0.3 is 6.09 Å². The van der Waals surface area contributed by atoms with Gasteiger partial charge in [-0.2, -0.15) is 0 Å². The smallest absolute Gasteiger partial charge is 0.410 e. The predicted molar refractivity (Wildman–Crippen MR) is 88.7 cm³/mol. The molecule has 1 atom stereocenters. The van der Waals surface area contributed by atoms with Crippen molar-refractivity contribution in [1.29, 1.82) is 0 Å². The van der Waals surface area contributed by atoms with Crippen LogP contribution in [0.3, 0.4) is 0 Å². The van der Waals surface area contributed by atoms with Gasteiger partial charge in [0.2, 0.25) is 0 Å². The number of piperidine rings is 1. The average molecular weight is 304 g/mol. The van der Waals surface area contributed by atoms with Gasteiger partial charge in [-0.25, -0.2) is 4.79 Å². The first-order chi connectivity index (χ1) is 10.8. The van der Waals surface area contributed by atoms with Gasteiger partial charge in [-0.3, -0.25) is 0 Å². The van der Waals surface area contributed by atoms with Gasteiger partial charge in [0.15, 0.2) is 0 Å². The molecule has 4 nitrogen and oxygen atoms in total. The van der Waals surface area contributed by atoms with E-state index in [-0.39, 0.29) is 6.09 Å². The van der Waals surface area contributed by atoms with Crippen molar-refractivity contribution in [3.05, 3.63) is 35.9 Å². The van der Waals surface area contributed by atoms with Gasteiger partial charge in [-0.1, -0.05) is 37.3 Å². The van der Waals surface area contributed by atoms with E-state index in [4.69, 9.17) is 4.74 Å². The maximum absolute atomic E-state index is 12.2. The maximum Gasteiger partial charge on any atom is 0.410 e. The van der Waals surface area contributed by atoms with Gasteiger partial charge in [0.05, 0.1) is 0 Å². The third-order valence-corrected chi connectivity index (χ3v) is 4.20. The molecule has 1 aliphatic heterocycles. The highest BCUT2D eigenvalue weighted by Gasteiger charge is 2.24. The van der Waals surface area contributed by atoms with E-state index < -0.39 is 0 Å². The van der Waals surface area contributed by atoms with Crippen LogP contribution in [0.15, 0.2) is 30.3 Å². The Bertz CT molecular complexity index is 436. The number of ether oxygens (including phenoxy) is 1. The second-order valence-corrected chi connectivity index (χ2v) is 5.99. The summed E-state index contributed by atoms with van der Waals surface area (Å²) in [6.45, 7) is 6.28. The van der Waals surface area contributed by atoms with E-state index in [1.807, 2.05) is 35.2 Å². The molecule has 1 aliphatic rings. The van der Waals surface area contributed by atoms with Gasteiger partial charge < -0.3 is 15.0 Å². The Morgan fingerprint density at radius 2 is 2.18 bits per heavy atom. The highest BCUT2D eigenvalue weighted by Crippen LogP contribution is 2.21. The zero-order valence-corrected chi connectivity index (χ0v) is 13.6. The number of hydrogen-bond donors (Lipinski definition) is 1. The first kappa shape index (κ1) is 16.8. The van der Waals surface area contributed by atoms with Gasteiger partial charge in [-0.05, 0) is 50.3 Å². The summed E-state index contributed by atoms with van der Waals surface area (Å²) in [5.41, 5.74) is 1.04. The van der Waals surface area contributed by atoms with Crippen LogP contribution in [0.1, 0.15) is 38.2 Å². The highest BCUT2D eigenvalue weighted by atomic mass is 16.6. The second-order valence-electron chi connectivity index (χ2n) is 5.99. The summed E-state index contributed by atoms with van der Waals surface area (Å²) >= 11 is 0. The fourth-order valence-corrected chi connectivity index (χ4v) is 2.97. The standard InChI is InChI=1S/C18H28N2O2/c1-2-19-12-6-10-16-11-7-13-20(14-16)18(21)22-15-17-8-4-3-5-9-17/h3-5,8-9,16,19H,2,6-7,10-15H2,1H3/t16-/m1/s1. The van der Waals surface area contributed by atoms with Gasteiger partial charge in [0.25, 0.3) is 0 Å². The Hall–Kier alpha value is -1.55. The van der Waals surface area contributed by atoms with E-state index >= 15 is 0 Å². The van der Waals surface area contributed by atoms with Crippen molar-refractivity contribution >= 4 is 6.09 Å². The molecule has 0 aromatic heterocycles. The lowest BCUT2D eigenvalue weighted by Gasteiger charge is -2.32. The van der Waals surface area contributed by atoms with Crippen molar-refractivity contribution < 1.29 is 9.53 Å². The lowest BCUT2D eigenvalue weighted by molar-refractivity contribution is 0.0777. The molecule has 0 unspecified atom stereocenters. The summed E-state index contributed by atoms with van der Waals surface area (Å²) in [6, 6.07) is 9.85. The SMILES string of the molecule is CCNCCC[C@@H]1CCCN(C(=O)OCc2ccccc2)C1. The van der Waals surface area contributed by atoms with Gasteiger partial charge in [0, 0.05) is 13.1 Å². The number of carbonyl (C=O) groups excluding carboxylic acids is 1. The fourth-order valence-electron chi connectivity index (χ4n) is 2.97. The van der Waals surface area contributed by atoms with Crippen LogP contribution in [0.5, 0.6) is 0 Å². The number of likely N-dealkylation sites (tertiary alicyclic amines) is 1. The molecule has 1 saturated heterocycles. The van der Waals surface area contributed by atoms with Crippen LogP contribution in [0.25, 0.3) is 0 Å². The molecule has 2 rings (SSSR count). The molecule has 0 spiro atoms. The van der Waals surface area contributed by atoms with Crippen molar-refractivity contribution in [3.63, 3.8) is 0 Å². The lowest BCUT2D eigenvalue weighted by atomic mass is 9.93. The number of rotatable bonds is 7. The zero-order chi connectivity index (χ0) is 15.6. The number of benzene rings is 1. The molecule has 0 saturated carbocycles. The monoisotopic (exact) mass is 304 g/mol. The van der Waals surface area contributed by atoms with Crippen LogP contribution in [0, 0.1) is 5.92 Å². The molecular formula is C18H28N2O2. The zero-order valence-electron chi connectivity index (χ0n) is 13.6. The fraction of sp³-hybridized carbons (Fsp3) is 0.611. The summed E-state index contributed by atoms with van der Waals surface area (Å²) < 4.78 is 5.43. The van der Waals surface area contributed by atoms with Crippen LogP contribution in [0.4, 0.5) is 4.79 Å². The minimum atomic E-state index is -0.166. The molecule has 1 amide bonds. The first-order valence-corrected chi connectivity index (χ1v) is 8.46. The molecule has 1 N–H and O–H groups in total. The van der Waals surface area contributed by atoms with Crippen LogP contribution >= 0.6 is 0 Å². The number of carbonyl (C=O) groups is 1. The molecule has 1 aromatic rings. The largest absolute Gasteiger partial charge is 0.445 e. The average Bonchev–Trinajstić information content (AvgIpc) is 2.58. The predicted octanol–water partition coefficient (Wildman–Crippen LogP) is 3.42. The van der Waals surface area contributed by atoms with Crippen LogP contribution < -0.4 is 5.32 Å². The molecule has 1 heterocycles. The molecule has 4 heteroatoms. The summed E-state index contributed by atoms with van der Waals surface area (Å²) in [7, 11) is 0. The van der Waals surface area contributed by atoms with E-state index in [1.165, 1.54) is 19.3 Å². The van der Waals surface area contributed by atoms with E-state index in [2.05, 4.69) is 12.2 Å². The minimum Gasteiger partial charge on any atom is -0.445 e. The molecule has 122 valence electrons. The van der Waals surface area contributed by atoms with Crippen molar-refractivity contribution in [2.24, 2.45) is 5.92 Å². The van der Waals surface area contributed by atoms with E-state index in [1.54, 1.807) is 0 Å². The van der Waals surface area contributed by atoms with Crippen molar-refractivity contribution in [2.45, 2.75) is 39.2 Å². The summed E-state index contributed by atoms with van der Waals surface area (Å²) in [5.74, 6) is 0.622. The Morgan fingerprint density at radius 3 is 2.95 bits per heavy atom. The molecular weight excluding hydrogens is 276 g/mol. The van der Waals surface area contributed by atoms with E-state index in [0.29, 0.717) is 12.5 Å². The topological polar surface area (TPSA) is 41.6 Å². The first-order valence-electron chi connectivity index (χ1n) is 8.46. The van der Waals surface area contributed by atoms with Crippen molar-refractivity contribution in [3.8, 4) is 0 Å². The van der Waals surface area contributed by atoms with Crippen LogP contribution in [-0.2, 0) is 11.3 Å². The molecule has 1 fully saturated rings. The molecule has 1 aromatic carbocycles. The van der Waals surface area contributed by atoms with Gasteiger partial charge in [-0.15, -0.1) is 0 Å². The normalized spacial score (nSPS) is 18.2. The lowest BCUT2D eigenvalue weighted by Crippen LogP contribution is -2.40. The molecule has 0 bridgehead atoms. The van der Waals surface area contributed by atoms with Crippen LogP contribution in [-0.4, -0.2) is 37.2 Å². The number of nitrogens with zero attached hydrogens (tertiary/aromatic N) is 1. The van der Waals surface area contributed by atoms with Crippen molar-refractivity contribution in [2.75, 3.05) is 26.2 Å². The van der Waals surface area contributed by atoms with Crippen LogP contribution in [0.2, 0.25) is 0 Å². The Morgan fingerprint density at radius 1 is 1.36 bits per heavy atom. The minimum absolute atomic E-state index is 0.166. The Balaban J connectivity index is 1.70. The second kappa shape index (κ2) is 9.46. The van der Waals surface area contributed by atoms with Crippen molar-refractivity contribution in [1.82, 2.24) is 10.2 Å². The van der Waals surface area contributed by atoms with E-state index in [0.717, 1.165) is 38.2 Å². The molecule has 0 aliphatic carbocycles. The third kappa shape index (κ3) is 5.68. The number of nitrogens with one attached hydrogen (secondary N) is 1. The summed E-state index contributed by atoms with van der Waals surface area (Å²) in [6.07, 6.45) is 4.53. The number of hydrogen-bond acceptors (Lipinski definition) is 3. The van der Waals surface area contributed by atoms with E-state index in [9.17, 15) is 4.79 Å². The Kier molecular flexibility index (Phi) is 7.23. The quantitative estimate of drug-likeness (QED) is 0.785. The third-order valence-electron chi connectivity index (χ3n) is 4.20. The van der Waals surface area contributed by atoms with Gasteiger partial charge in [0.1, 0.15) is 6.61 Å². The molecule has 22 heavy (non-hydrogen) atoms. The summed E-state index contributed by atoms with van der Waals surface area (Å²) in [5, 5.41) is 3.36. The number of amides is 1. The highest BCUT2D eigenvalue weighted by molar-refractivity contribution is 5.67. The maximum atomic E-state index is 12.2. The summed E-state index contributed by atoms with van der Waals surface area (Å²) in [4.78, 5) is 14.1. The Labute approximate surface area is 133 Å².